The quantitative estimate of drug-likeness (QED) is 0.904. The lowest BCUT2D eigenvalue weighted by Gasteiger charge is -2.21. The van der Waals surface area contributed by atoms with Crippen molar-refractivity contribution in [3.63, 3.8) is 0 Å². The van der Waals surface area contributed by atoms with Gasteiger partial charge in [0.25, 0.3) is 0 Å². The number of nitrogens with one attached hydrogen (secondary N) is 1. The first kappa shape index (κ1) is 11.4. The first-order chi connectivity index (χ1) is 7.66. The van der Waals surface area contributed by atoms with Gasteiger partial charge in [-0.2, -0.15) is 0 Å². The minimum Gasteiger partial charge on any atom is -0.467 e. The monoisotopic (exact) mass is 285 g/mol. The summed E-state index contributed by atoms with van der Waals surface area (Å²) in [6, 6.07) is 3.91. The van der Waals surface area contributed by atoms with E-state index in [-0.39, 0.29) is 12.7 Å². The molecular formula is C11H12BrNO3. The highest BCUT2D eigenvalue weighted by Crippen LogP contribution is 2.31. The minimum atomic E-state index is -0.0548. The van der Waals surface area contributed by atoms with Crippen molar-refractivity contribution in [3.05, 3.63) is 27.7 Å². The van der Waals surface area contributed by atoms with Gasteiger partial charge in [-0.1, -0.05) is 15.9 Å². The molecule has 1 heterocycles. The lowest BCUT2D eigenvalue weighted by atomic mass is 10.1. The summed E-state index contributed by atoms with van der Waals surface area (Å²) >= 11 is 3.42. The highest BCUT2D eigenvalue weighted by molar-refractivity contribution is 9.10. The Labute approximate surface area is 102 Å². The molecule has 0 radical (unpaired) electrons. The van der Waals surface area contributed by atoms with E-state index in [1.54, 1.807) is 0 Å². The minimum absolute atomic E-state index is 0.0548. The van der Waals surface area contributed by atoms with E-state index < -0.39 is 0 Å². The Morgan fingerprint density at radius 2 is 2.38 bits per heavy atom. The lowest BCUT2D eigenvalue weighted by molar-refractivity contribution is -0.119. The van der Waals surface area contributed by atoms with Gasteiger partial charge >= 0.3 is 0 Å². The van der Waals surface area contributed by atoms with Crippen molar-refractivity contribution in [2.24, 2.45) is 0 Å². The Kier molecular flexibility index (Phi) is 3.46. The summed E-state index contributed by atoms with van der Waals surface area (Å²) in [7, 11) is 0. The number of amides is 1. The molecule has 1 aliphatic rings. The van der Waals surface area contributed by atoms with Crippen LogP contribution in [0.1, 0.15) is 18.1 Å². The summed E-state index contributed by atoms with van der Waals surface area (Å²) in [4.78, 5) is 10.9. The van der Waals surface area contributed by atoms with Crippen molar-refractivity contribution in [1.29, 1.82) is 0 Å². The van der Waals surface area contributed by atoms with Crippen LogP contribution in [0.5, 0.6) is 5.75 Å². The van der Waals surface area contributed by atoms with Crippen molar-refractivity contribution >= 4 is 21.8 Å². The second kappa shape index (κ2) is 4.84. The molecule has 0 bridgehead atoms. The molecular weight excluding hydrogens is 274 g/mol. The fourth-order valence-corrected chi connectivity index (χ4v) is 2.16. The number of ether oxygens (including phenoxy) is 2. The first-order valence-electron chi connectivity index (χ1n) is 4.93. The fourth-order valence-electron chi connectivity index (χ4n) is 1.61. The van der Waals surface area contributed by atoms with Gasteiger partial charge in [0.05, 0.1) is 6.61 Å². The van der Waals surface area contributed by atoms with Crippen LogP contribution in [0.15, 0.2) is 16.6 Å². The van der Waals surface area contributed by atoms with Gasteiger partial charge in [-0.05, 0) is 12.1 Å². The van der Waals surface area contributed by atoms with Crippen LogP contribution in [0.25, 0.3) is 0 Å². The summed E-state index contributed by atoms with van der Waals surface area (Å²) in [6.45, 7) is 2.77. The Hall–Kier alpha value is -1.07. The smallest absolute Gasteiger partial charge is 0.217 e. The van der Waals surface area contributed by atoms with Crippen molar-refractivity contribution in [2.45, 2.75) is 20.1 Å². The number of halogens is 1. The van der Waals surface area contributed by atoms with E-state index in [2.05, 4.69) is 21.2 Å². The summed E-state index contributed by atoms with van der Waals surface area (Å²) in [5.41, 5.74) is 1.96. The van der Waals surface area contributed by atoms with Gasteiger partial charge in [0, 0.05) is 29.1 Å². The van der Waals surface area contributed by atoms with Crippen molar-refractivity contribution in [1.82, 2.24) is 5.32 Å². The van der Waals surface area contributed by atoms with Crippen LogP contribution < -0.4 is 10.1 Å². The lowest BCUT2D eigenvalue weighted by Crippen LogP contribution is -2.21. The highest BCUT2D eigenvalue weighted by Gasteiger charge is 2.16. The third-order valence-corrected chi connectivity index (χ3v) is 2.74. The van der Waals surface area contributed by atoms with Gasteiger partial charge < -0.3 is 14.8 Å². The second-order valence-electron chi connectivity index (χ2n) is 3.57. The molecule has 86 valence electrons. The van der Waals surface area contributed by atoms with E-state index in [1.165, 1.54) is 6.92 Å². The molecule has 0 aliphatic carbocycles. The molecule has 0 aromatic heterocycles. The molecule has 0 saturated carbocycles. The zero-order valence-corrected chi connectivity index (χ0v) is 10.5. The number of hydrogen-bond acceptors (Lipinski definition) is 3. The molecule has 0 saturated heterocycles. The van der Waals surface area contributed by atoms with Crippen LogP contribution in [-0.4, -0.2) is 12.7 Å². The van der Waals surface area contributed by atoms with Gasteiger partial charge in [0.2, 0.25) is 5.91 Å². The van der Waals surface area contributed by atoms with E-state index in [0.29, 0.717) is 13.2 Å². The fraction of sp³-hybridized carbons (Fsp3) is 0.364. The van der Waals surface area contributed by atoms with E-state index >= 15 is 0 Å². The van der Waals surface area contributed by atoms with Crippen LogP contribution in [0.4, 0.5) is 0 Å². The zero-order chi connectivity index (χ0) is 11.5. The van der Waals surface area contributed by atoms with Crippen molar-refractivity contribution in [2.75, 3.05) is 6.79 Å². The number of fused-ring (bicyclic) bond motifs is 1. The average Bonchev–Trinajstić information content (AvgIpc) is 2.25. The Bertz CT molecular complexity index is 420. The maximum atomic E-state index is 10.9. The van der Waals surface area contributed by atoms with E-state index in [1.807, 2.05) is 12.1 Å². The molecule has 0 spiro atoms. The molecule has 2 rings (SSSR count). The molecule has 1 aromatic rings. The third kappa shape index (κ3) is 2.54. The predicted molar refractivity (Wildman–Crippen MR) is 61.9 cm³/mol. The third-order valence-electron chi connectivity index (χ3n) is 2.28. The summed E-state index contributed by atoms with van der Waals surface area (Å²) < 4.78 is 11.6. The predicted octanol–water partition coefficient (Wildman–Crippen LogP) is 1.95. The van der Waals surface area contributed by atoms with Crippen LogP contribution >= 0.6 is 15.9 Å². The van der Waals surface area contributed by atoms with E-state index in [0.717, 1.165) is 21.3 Å². The average molecular weight is 286 g/mol. The number of carbonyl (C=O) groups excluding carboxylic acids is 1. The van der Waals surface area contributed by atoms with Crippen molar-refractivity contribution < 1.29 is 14.3 Å². The summed E-state index contributed by atoms with van der Waals surface area (Å²) in [5, 5.41) is 2.76. The maximum absolute atomic E-state index is 10.9. The Morgan fingerprint density at radius 3 is 3.12 bits per heavy atom. The van der Waals surface area contributed by atoms with E-state index in [4.69, 9.17) is 9.47 Å². The molecule has 0 atom stereocenters. The largest absolute Gasteiger partial charge is 0.467 e. The van der Waals surface area contributed by atoms with Gasteiger partial charge in [-0.15, -0.1) is 0 Å². The Morgan fingerprint density at radius 1 is 1.56 bits per heavy atom. The molecule has 1 N–H and O–H groups in total. The van der Waals surface area contributed by atoms with Crippen LogP contribution in [-0.2, 0) is 22.7 Å². The van der Waals surface area contributed by atoms with Gasteiger partial charge in [-0.3, -0.25) is 4.79 Å². The molecule has 4 nitrogen and oxygen atoms in total. The SMILES string of the molecule is CC(=O)NCc1cc(Br)cc2c1OCOC2. The standard InChI is InChI=1S/C11H12BrNO3/c1-7(14)13-4-8-2-10(12)3-9-5-15-6-16-11(8)9/h2-3H,4-6H2,1H3,(H,13,14). The van der Waals surface area contributed by atoms with Crippen LogP contribution in [0, 0.1) is 0 Å². The number of benzene rings is 1. The summed E-state index contributed by atoms with van der Waals surface area (Å²) in [5.74, 6) is 0.768. The van der Waals surface area contributed by atoms with E-state index in [9.17, 15) is 4.79 Å². The number of carbonyl (C=O) groups is 1. The molecule has 1 aliphatic heterocycles. The second-order valence-corrected chi connectivity index (χ2v) is 4.49. The Balaban J connectivity index is 2.28. The molecule has 16 heavy (non-hydrogen) atoms. The first-order valence-corrected chi connectivity index (χ1v) is 5.72. The van der Waals surface area contributed by atoms with Crippen LogP contribution in [0.3, 0.4) is 0 Å². The topological polar surface area (TPSA) is 47.6 Å². The number of rotatable bonds is 2. The molecule has 1 aromatic carbocycles. The van der Waals surface area contributed by atoms with Gasteiger partial charge in [0.15, 0.2) is 6.79 Å². The maximum Gasteiger partial charge on any atom is 0.217 e. The molecule has 0 unspecified atom stereocenters. The molecule has 0 fully saturated rings. The van der Waals surface area contributed by atoms with Gasteiger partial charge in [-0.25, -0.2) is 0 Å². The molecule has 5 heteroatoms. The zero-order valence-electron chi connectivity index (χ0n) is 8.88. The van der Waals surface area contributed by atoms with Crippen LogP contribution in [0.2, 0.25) is 0 Å². The van der Waals surface area contributed by atoms with Crippen molar-refractivity contribution in [3.8, 4) is 5.75 Å². The summed E-state index contributed by atoms with van der Waals surface area (Å²) in [6.07, 6.45) is 0. The van der Waals surface area contributed by atoms with Gasteiger partial charge in [0.1, 0.15) is 5.75 Å². The number of hydrogen-bond donors (Lipinski definition) is 1. The normalized spacial score (nSPS) is 13.9. The molecule has 1 amide bonds. The highest BCUT2D eigenvalue weighted by atomic mass is 79.9.